The summed E-state index contributed by atoms with van der Waals surface area (Å²) in [5.41, 5.74) is 7.80. The molecule has 0 bridgehead atoms. The van der Waals surface area contributed by atoms with Crippen LogP contribution in [0.1, 0.15) is 31.2 Å². The molecule has 1 aliphatic rings. The molecule has 94 valence electrons. The number of piperidine rings is 1. The minimum absolute atomic E-state index is 0.288. The first-order chi connectivity index (χ1) is 8.08. The van der Waals surface area contributed by atoms with E-state index in [0.717, 1.165) is 43.3 Å². The average Bonchev–Trinajstić information content (AvgIpc) is 2.33. The molecule has 0 amide bonds. The van der Waals surface area contributed by atoms with Crippen LogP contribution in [0.2, 0.25) is 0 Å². The van der Waals surface area contributed by atoms with Crippen molar-refractivity contribution >= 4 is 5.95 Å². The largest absolute Gasteiger partial charge is 0.340 e. The first-order valence-corrected chi connectivity index (χ1v) is 6.26. The van der Waals surface area contributed by atoms with Crippen LogP contribution >= 0.6 is 0 Å². The Labute approximate surface area is 102 Å². The molecule has 5 heteroatoms. The van der Waals surface area contributed by atoms with E-state index >= 15 is 0 Å². The fourth-order valence-corrected chi connectivity index (χ4v) is 2.20. The van der Waals surface area contributed by atoms with Crippen LogP contribution in [0.5, 0.6) is 0 Å². The van der Waals surface area contributed by atoms with Gasteiger partial charge in [-0.15, -0.1) is 5.10 Å². The molecule has 17 heavy (non-hydrogen) atoms. The number of hydrogen-bond donors (Lipinski definition) is 1. The van der Waals surface area contributed by atoms with E-state index in [1.165, 1.54) is 0 Å². The summed E-state index contributed by atoms with van der Waals surface area (Å²) in [6.45, 7) is 7.96. The summed E-state index contributed by atoms with van der Waals surface area (Å²) >= 11 is 0. The zero-order valence-corrected chi connectivity index (χ0v) is 10.8. The quantitative estimate of drug-likeness (QED) is 0.830. The summed E-state index contributed by atoms with van der Waals surface area (Å²) in [5.74, 6) is 1.39. The van der Waals surface area contributed by atoms with Crippen molar-refractivity contribution in [1.29, 1.82) is 0 Å². The first kappa shape index (κ1) is 12.2. The average molecular weight is 235 g/mol. The third kappa shape index (κ3) is 2.72. The van der Waals surface area contributed by atoms with Crippen LogP contribution in [0.4, 0.5) is 5.95 Å². The van der Waals surface area contributed by atoms with Gasteiger partial charge in [-0.05, 0) is 39.5 Å². The molecule has 1 aromatic heterocycles. The Morgan fingerprint density at radius 1 is 1.18 bits per heavy atom. The van der Waals surface area contributed by atoms with Gasteiger partial charge in [0.05, 0.1) is 11.4 Å². The molecule has 1 fully saturated rings. The Balaban J connectivity index is 2.03. The summed E-state index contributed by atoms with van der Waals surface area (Å²) in [6, 6.07) is 0.288. The molecule has 1 aromatic rings. The van der Waals surface area contributed by atoms with Gasteiger partial charge in [-0.2, -0.15) is 5.10 Å². The summed E-state index contributed by atoms with van der Waals surface area (Å²) in [4.78, 5) is 6.69. The zero-order valence-electron chi connectivity index (χ0n) is 10.8. The molecule has 2 heterocycles. The Kier molecular flexibility index (Phi) is 3.57. The summed E-state index contributed by atoms with van der Waals surface area (Å²) in [6.07, 6.45) is 2.24. The number of aryl methyl sites for hydroxylation is 2. The van der Waals surface area contributed by atoms with Gasteiger partial charge in [0, 0.05) is 19.1 Å². The molecule has 1 unspecified atom stereocenters. The lowest BCUT2D eigenvalue weighted by atomic mass is 9.91. The van der Waals surface area contributed by atoms with Crippen molar-refractivity contribution in [1.82, 2.24) is 15.2 Å². The number of anilines is 1. The van der Waals surface area contributed by atoms with Crippen molar-refractivity contribution in [2.45, 2.75) is 39.7 Å². The second-order valence-corrected chi connectivity index (χ2v) is 4.97. The predicted molar refractivity (Wildman–Crippen MR) is 67.9 cm³/mol. The molecule has 0 saturated carbocycles. The maximum atomic E-state index is 5.93. The van der Waals surface area contributed by atoms with Gasteiger partial charge in [-0.1, -0.05) is 0 Å². The van der Waals surface area contributed by atoms with Gasteiger partial charge >= 0.3 is 0 Å². The highest BCUT2D eigenvalue weighted by molar-refractivity contribution is 5.30. The highest BCUT2D eigenvalue weighted by Gasteiger charge is 2.23. The lowest BCUT2D eigenvalue weighted by Gasteiger charge is -2.33. The maximum Gasteiger partial charge on any atom is 0.245 e. The predicted octanol–water partition coefficient (Wildman–Crippen LogP) is 1.05. The van der Waals surface area contributed by atoms with Crippen LogP contribution in [0.15, 0.2) is 0 Å². The topological polar surface area (TPSA) is 67.9 Å². The molecule has 0 aliphatic carbocycles. The molecule has 1 atom stereocenters. The number of rotatable bonds is 2. The minimum Gasteiger partial charge on any atom is -0.340 e. The van der Waals surface area contributed by atoms with Crippen molar-refractivity contribution in [2.24, 2.45) is 11.7 Å². The Morgan fingerprint density at radius 2 is 1.82 bits per heavy atom. The van der Waals surface area contributed by atoms with Crippen molar-refractivity contribution in [3.05, 3.63) is 11.4 Å². The van der Waals surface area contributed by atoms with Crippen molar-refractivity contribution in [3.63, 3.8) is 0 Å². The molecule has 0 radical (unpaired) electrons. The molecular formula is C12H21N5. The monoisotopic (exact) mass is 235 g/mol. The summed E-state index contributed by atoms with van der Waals surface area (Å²) in [7, 11) is 0. The first-order valence-electron chi connectivity index (χ1n) is 6.26. The van der Waals surface area contributed by atoms with E-state index in [4.69, 9.17) is 5.73 Å². The van der Waals surface area contributed by atoms with E-state index in [2.05, 4.69) is 27.0 Å². The molecular weight excluding hydrogens is 214 g/mol. The van der Waals surface area contributed by atoms with Crippen LogP contribution in [0.25, 0.3) is 0 Å². The van der Waals surface area contributed by atoms with E-state index < -0.39 is 0 Å². The highest BCUT2D eigenvalue weighted by Crippen LogP contribution is 2.22. The normalized spacial score (nSPS) is 19.4. The van der Waals surface area contributed by atoms with Crippen molar-refractivity contribution in [3.8, 4) is 0 Å². The lowest BCUT2D eigenvalue weighted by molar-refractivity contribution is 0.352. The van der Waals surface area contributed by atoms with Gasteiger partial charge in [0.15, 0.2) is 0 Å². The second-order valence-electron chi connectivity index (χ2n) is 4.97. The van der Waals surface area contributed by atoms with Crippen molar-refractivity contribution < 1.29 is 0 Å². The van der Waals surface area contributed by atoms with E-state index in [-0.39, 0.29) is 6.04 Å². The third-order valence-corrected chi connectivity index (χ3v) is 3.65. The Morgan fingerprint density at radius 3 is 2.35 bits per heavy atom. The van der Waals surface area contributed by atoms with Gasteiger partial charge in [0.2, 0.25) is 5.95 Å². The second kappa shape index (κ2) is 4.96. The van der Waals surface area contributed by atoms with Gasteiger partial charge in [-0.25, -0.2) is 4.98 Å². The van der Waals surface area contributed by atoms with E-state index in [1.54, 1.807) is 0 Å². The number of nitrogens with two attached hydrogens (primary N) is 1. The fraction of sp³-hybridized carbons (Fsp3) is 0.750. The number of hydrogen-bond acceptors (Lipinski definition) is 5. The molecule has 1 aliphatic heterocycles. The van der Waals surface area contributed by atoms with Crippen LogP contribution in [-0.2, 0) is 0 Å². The van der Waals surface area contributed by atoms with Crippen LogP contribution in [-0.4, -0.2) is 34.3 Å². The number of nitrogens with zero attached hydrogens (tertiary/aromatic N) is 4. The van der Waals surface area contributed by atoms with Gasteiger partial charge in [0.25, 0.3) is 0 Å². The molecule has 2 rings (SSSR count). The smallest absolute Gasteiger partial charge is 0.245 e. The van der Waals surface area contributed by atoms with Crippen molar-refractivity contribution in [2.75, 3.05) is 18.0 Å². The molecule has 0 spiro atoms. The van der Waals surface area contributed by atoms with Gasteiger partial charge in [0.1, 0.15) is 0 Å². The molecule has 0 aromatic carbocycles. The van der Waals surface area contributed by atoms with Crippen LogP contribution < -0.4 is 10.6 Å². The van der Waals surface area contributed by atoms with Crippen LogP contribution in [0, 0.1) is 19.8 Å². The SMILES string of the molecule is Cc1nnc(N2CCC(C(C)N)CC2)nc1C. The molecule has 1 saturated heterocycles. The van der Waals surface area contributed by atoms with E-state index in [0.29, 0.717) is 5.92 Å². The van der Waals surface area contributed by atoms with Gasteiger partial charge < -0.3 is 10.6 Å². The summed E-state index contributed by atoms with van der Waals surface area (Å²) in [5, 5.41) is 8.30. The third-order valence-electron chi connectivity index (χ3n) is 3.65. The molecule has 2 N–H and O–H groups in total. The van der Waals surface area contributed by atoms with E-state index in [9.17, 15) is 0 Å². The maximum absolute atomic E-state index is 5.93. The highest BCUT2D eigenvalue weighted by atomic mass is 15.3. The Hall–Kier alpha value is -1.23. The fourth-order valence-electron chi connectivity index (χ4n) is 2.20. The van der Waals surface area contributed by atoms with E-state index in [1.807, 2.05) is 13.8 Å². The number of aromatic nitrogens is 3. The standard InChI is InChI=1S/C12H21N5/c1-8(13)11-4-6-17(7-5-11)12-14-9(2)10(3)15-16-12/h8,11H,4-7,13H2,1-3H3. The van der Waals surface area contributed by atoms with Crippen LogP contribution in [0.3, 0.4) is 0 Å². The van der Waals surface area contributed by atoms with Gasteiger partial charge in [-0.3, -0.25) is 0 Å². The molecule has 5 nitrogen and oxygen atoms in total. The minimum atomic E-state index is 0.288. The summed E-state index contributed by atoms with van der Waals surface area (Å²) < 4.78 is 0. The lowest BCUT2D eigenvalue weighted by Crippen LogP contribution is -2.40. The Bertz CT molecular complexity index is 382. The zero-order chi connectivity index (χ0) is 12.4.